The summed E-state index contributed by atoms with van der Waals surface area (Å²) >= 11 is 0. The summed E-state index contributed by atoms with van der Waals surface area (Å²) in [6.45, 7) is 0. The molecule has 1 N–H and O–H groups in total. The average Bonchev–Trinajstić information content (AvgIpc) is 2.79. The van der Waals surface area contributed by atoms with Crippen LogP contribution < -0.4 is 5.56 Å². The van der Waals surface area contributed by atoms with Gasteiger partial charge in [-0.3, -0.25) is 24.5 Å². The summed E-state index contributed by atoms with van der Waals surface area (Å²) in [6.07, 6.45) is 1.33. The average molecular weight is 415 g/mol. The van der Waals surface area contributed by atoms with Crippen molar-refractivity contribution in [2.24, 2.45) is 0 Å². The van der Waals surface area contributed by atoms with E-state index in [0.717, 1.165) is 12.1 Å². The Balaban J connectivity index is 1.97. The number of hydrogen-bond acceptors (Lipinski definition) is 7. The number of aromatic nitrogens is 2. The number of hydrogen-bond donors (Lipinski definition) is 1. The zero-order valence-electron chi connectivity index (χ0n) is 15.8. The summed E-state index contributed by atoms with van der Waals surface area (Å²) in [6, 6.07) is 15.4. The summed E-state index contributed by atoms with van der Waals surface area (Å²) in [5.74, 6) is -2.17. The maximum absolute atomic E-state index is 13.2. The molecule has 4 aromatic rings. The number of carbonyl (C=O) groups is 2. The van der Waals surface area contributed by atoms with E-state index in [0.29, 0.717) is 4.57 Å². The molecule has 0 spiro atoms. The molecule has 2 heterocycles. The lowest BCUT2D eigenvalue weighted by molar-refractivity contribution is -0.384. The van der Waals surface area contributed by atoms with Crippen LogP contribution in [0.25, 0.3) is 11.0 Å². The number of carbonyl (C=O) groups excluding carboxylic acids is 2. The van der Waals surface area contributed by atoms with Gasteiger partial charge in [0.1, 0.15) is 11.3 Å². The highest BCUT2D eigenvalue weighted by molar-refractivity contribution is 6.14. The number of pyridine rings is 2. The predicted octanol–water partition coefficient (Wildman–Crippen LogP) is 2.93. The van der Waals surface area contributed by atoms with Crippen LogP contribution in [0.3, 0.4) is 0 Å². The summed E-state index contributed by atoms with van der Waals surface area (Å²) < 4.78 is 0.687. The molecule has 9 nitrogen and oxygen atoms in total. The van der Waals surface area contributed by atoms with Gasteiger partial charge >= 0.3 is 0 Å². The third kappa shape index (κ3) is 3.33. The maximum Gasteiger partial charge on any atom is 0.274 e. The van der Waals surface area contributed by atoms with Crippen LogP contribution in [0, 0.1) is 10.1 Å². The van der Waals surface area contributed by atoms with Crippen molar-refractivity contribution < 1.29 is 19.6 Å². The molecule has 0 saturated carbocycles. The van der Waals surface area contributed by atoms with E-state index in [9.17, 15) is 29.6 Å². The van der Waals surface area contributed by atoms with Crippen molar-refractivity contribution in [3.8, 4) is 5.75 Å². The maximum atomic E-state index is 13.2. The molecule has 0 aliphatic carbocycles. The van der Waals surface area contributed by atoms with Crippen LogP contribution in [-0.4, -0.2) is 31.3 Å². The number of benzene rings is 2. The fourth-order valence-electron chi connectivity index (χ4n) is 3.19. The Labute approximate surface area is 174 Å². The predicted molar refractivity (Wildman–Crippen MR) is 110 cm³/mol. The smallest absolute Gasteiger partial charge is 0.274 e. The summed E-state index contributed by atoms with van der Waals surface area (Å²) in [4.78, 5) is 53.6. The topological polar surface area (TPSA) is 132 Å². The van der Waals surface area contributed by atoms with Gasteiger partial charge in [0.15, 0.2) is 5.65 Å². The van der Waals surface area contributed by atoms with Crippen LogP contribution in [0.15, 0.2) is 77.7 Å². The van der Waals surface area contributed by atoms with Crippen LogP contribution in [0.2, 0.25) is 0 Å². The van der Waals surface area contributed by atoms with Gasteiger partial charge < -0.3 is 5.11 Å². The Morgan fingerprint density at radius 2 is 1.61 bits per heavy atom. The highest BCUT2D eigenvalue weighted by atomic mass is 16.6. The van der Waals surface area contributed by atoms with Crippen LogP contribution in [-0.2, 0) is 0 Å². The Morgan fingerprint density at radius 1 is 0.935 bits per heavy atom. The molecule has 0 aliphatic heterocycles. The lowest BCUT2D eigenvalue weighted by atomic mass is 10.0. The third-order valence-electron chi connectivity index (χ3n) is 4.70. The second-order valence-electron chi connectivity index (χ2n) is 6.54. The molecule has 4 rings (SSSR count). The molecule has 0 radical (unpaired) electrons. The molecular weight excluding hydrogens is 402 g/mol. The Kier molecular flexibility index (Phi) is 4.84. The van der Waals surface area contributed by atoms with Crippen LogP contribution in [0.1, 0.15) is 26.3 Å². The van der Waals surface area contributed by atoms with Gasteiger partial charge in [0, 0.05) is 29.5 Å². The number of rotatable bonds is 4. The molecule has 0 unspecified atom stereocenters. The molecule has 0 saturated heterocycles. The van der Waals surface area contributed by atoms with E-state index < -0.39 is 33.5 Å². The van der Waals surface area contributed by atoms with E-state index in [-0.39, 0.29) is 27.8 Å². The van der Waals surface area contributed by atoms with Crippen molar-refractivity contribution in [1.29, 1.82) is 0 Å². The number of aromatic hydroxyl groups is 1. The minimum Gasteiger partial charge on any atom is -0.506 e. The number of fused-ring (bicyclic) bond motifs is 1. The molecule has 0 fully saturated rings. The Bertz CT molecular complexity index is 1410. The highest BCUT2D eigenvalue weighted by Gasteiger charge is 2.27. The molecule has 0 atom stereocenters. The molecule has 0 amide bonds. The van der Waals surface area contributed by atoms with Gasteiger partial charge in [0.2, 0.25) is 5.78 Å². The van der Waals surface area contributed by atoms with Gasteiger partial charge in [-0.25, -0.2) is 9.55 Å². The number of nitrogens with zero attached hydrogens (tertiary/aromatic N) is 3. The van der Waals surface area contributed by atoms with E-state index in [1.54, 1.807) is 18.2 Å². The largest absolute Gasteiger partial charge is 0.506 e. The minimum atomic E-state index is -1.04. The van der Waals surface area contributed by atoms with Crippen molar-refractivity contribution in [3.05, 3.63) is 110 Å². The number of nitro benzene ring substituents is 1. The Morgan fingerprint density at radius 3 is 2.26 bits per heavy atom. The van der Waals surface area contributed by atoms with E-state index in [4.69, 9.17) is 0 Å². The molecule has 31 heavy (non-hydrogen) atoms. The first-order chi connectivity index (χ1) is 14.9. The van der Waals surface area contributed by atoms with Crippen LogP contribution >= 0.6 is 0 Å². The first-order valence-corrected chi connectivity index (χ1v) is 9.01. The van der Waals surface area contributed by atoms with Gasteiger partial charge in [-0.05, 0) is 24.3 Å². The molecule has 152 valence electrons. The number of non-ortho nitro benzene ring substituents is 1. The SMILES string of the molecule is O=C(c1ccccc1)c1c(O)c2cccnc2n(C(=O)c2ccc([N+](=O)[O-])cc2)c1=O. The first-order valence-electron chi connectivity index (χ1n) is 9.01. The van der Waals surface area contributed by atoms with Crippen molar-refractivity contribution in [1.82, 2.24) is 9.55 Å². The first kappa shape index (κ1) is 19.6. The molecule has 0 bridgehead atoms. The van der Waals surface area contributed by atoms with Gasteiger partial charge in [0.05, 0.1) is 10.3 Å². The fourth-order valence-corrected chi connectivity index (χ4v) is 3.19. The standard InChI is InChI=1S/C22H13N3O6/c26-18(13-5-2-1-3-6-13)17-19(27)16-7-4-12-23-20(16)24(22(17)29)21(28)14-8-10-15(11-9-14)25(30)31/h1-12,27H. The monoisotopic (exact) mass is 415 g/mol. The van der Waals surface area contributed by atoms with Gasteiger partial charge in [-0.2, -0.15) is 0 Å². The quantitative estimate of drug-likeness (QED) is 0.308. The summed E-state index contributed by atoms with van der Waals surface area (Å²) in [7, 11) is 0. The van der Waals surface area contributed by atoms with Gasteiger partial charge in [-0.15, -0.1) is 0 Å². The van der Waals surface area contributed by atoms with Crippen molar-refractivity contribution >= 4 is 28.4 Å². The number of ketones is 1. The fraction of sp³-hybridized carbons (Fsp3) is 0. The highest BCUT2D eigenvalue weighted by Crippen LogP contribution is 2.27. The molecular formula is C22H13N3O6. The molecule has 9 heteroatoms. The zero-order chi connectivity index (χ0) is 22.1. The lowest BCUT2D eigenvalue weighted by Gasteiger charge is -2.13. The second kappa shape index (κ2) is 7.64. The summed E-state index contributed by atoms with van der Waals surface area (Å²) in [5, 5.41) is 21.6. The number of nitro groups is 1. The van der Waals surface area contributed by atoms with Crippen molar-refractivity contribution in [3.63, 3.8) is 0 Å². The minimum absolute atomic E-state index is 0.0246. The van der Waals surface area contributed by atoms with Crippen LogP contribution in [0.4, 0.5) is 5.69 Å². The molecule has 2 aromatic heterocycles. The third-order valence-corrected chi connectivity index (χ3v) is 4.70. The van der Waals surface area contributed by atoms with E-state index >= 15 is 0 Å². The van der Waals surface area contributed by atoms with E-state index in [1.165, 1.54) is 42.6 Å². The molecule has 2 aromatic carbocycles. The van der Waals surface area contributed by atoms with Gasteiger partial charge in [0.25, 0.3) is 17.2 Å². The van der Waals surface area contributed by atoms with Gasteiger partial charge in [-0.1, -0.05) is 30.3 Å². The molecule has 0 aliphatic rings. The normalized spacial score (nSPS) is 10.7. The van der Waals surface area contributed by atoms with Crippen LogP contribution in [0.5, 0.6) is 5.75 Å². The summed E-state index contributed by atoms with van der Waals surface area (Å²) in [5.41, 5.74) is -1.84. The lowest BCUT2D eigenvalue weighted by Crippen LogP contribution is -2.32. The van der Waals surface area contributed by atoms with Crippen molar-refractivity contribution in [2.75, 3.05) is 0 Å². The zero-order valence-corrected chi connectivity index (χ0v) is 15.8. The second-order valence-corrected chi connectivity index (χ2v) is 6.54. The van der Waals surface area contributed by atoms with E-state index in [1.807, 2.05) is 0 Å². The van der Waals surface area contributed by atoms with E-state index in [2.05, 4.69) is 4.98 Å². The Hall–Kier alpha value is -4.66. The van der Waals surface area contributed by atoms with Crippen molar-refractivity contribution in [2.45, 2.75) is 0 Å².